The zero-order valence-corrected chi connectivity index (χ0v) is 14.5. The van der Waals surface area contributed by atoms with Crippen LogP contribution in [0.15, 0.2) is 34.9 Å². The molecule has 25 heavy (non-hydrogen) atoms. The van der Waals surface area contributed by atoms with Gasteiger partial charge in [0.2, 0.25) is 11.8 Å². The minimum Gasteiger partial charge on any atom is -0.467 e. The van der Waals surface area contributed by atoms with Gasteiger partial charge in [-0.1, -0.05) is 42.4 Å². The first kappa shape index (κ1) is 18.6. The molecule has 1 aromatic carbocycles. The summed E-state index contributed by atoms with van der Waals surface area (Å²) in [4.78, 5) is 28.4. The van der Waals surface area contributed by atoms with Crippen LogP contribution in [0.5, 0.6) is 0 Å². The lowest BCUT2D eigenvalue weighted by atomic mass is 10.1. The van der Waals surface area contributed by atoms with Gasteiger partial charge in [0.1, 0.15) is 0 Å². The minimum absolute atomic E-state index is 0.229. The van der Waals surface area contributed by atoms with E-state index >= 15 is 0 Å². The predicted octanol–water partition coefficient (Wildman–Crippen LogP) is 2.38. The molecule has 0 aliphatic rings. The number of nitrogens with zero attached hydrogens (tertiary/aromatic N) is 2. The van der Waals surface area contributed by atoms with Crippen molar-refractivity contribution in [1.29, 1.82) is 0 Å². The number of hydrogen-bond acceptors (Lipinski definition) is 6. The standard InChI is InChI=1S/C18H23N3O4/c1-3-8-14-19-16(25-21-14)12-7-11-15(22)20-17(18(23)24-2)13-9-5-4-6-10-13/h4-6,9-10,17H,3,7-8,11-12H2,1-2H3,(H,20,22)/t17-/m0/s1. The fourth-order valence-corrected chi connectivity index (χ4v) is 2.39. The molecule has 2 aromatic rings. The van der Waals surface area contributed by atoms with Crippen molar-refractivity contribution in [2.45, 2.75) is 45.1 Å². The molecule has 7 heteroatoms. The molecular weight excluding hydrogens is 322 g/mol. The molecule has 0 saturated carbocycles. The van der Waals surface area contributed by atoms with E-state index < -0.39 is 12.0 Å². The van der Waals surface area contributed by atoms with Gasteiger partial charge < -0.3 is 14.6 Å². The largest absolute Gasteiger partial charge is 0.467 e. The lowest BCUT2D eigenvalue weighted by Gasteiger charge is -2.16. The van der Waals surface area contributed by atoms with Gasteiger partial charge in [0.25, 0.3) is 0 Å². The first-order chi connectivity index (χ1) is 12.1. The number of methoxy groups -OCH3 is 1. The Labute approximate surface area is 146 Å². The third-order valence-electron chi connectivity index (χ3n) is 3.65. The lowest BCUT2D eigenvalue weighted by molar-refractivity contribution is -0.145. The van der Waals surface area contributed by atoms with E-state index in [2.05, 4.69) is 15.5 Å². The van der Waals surface area contributed by atoms with Crippen LogP contribution >= 0.6 is 0 Å². The number of ether oxygens (including phenoxy) is 1. The van der Waals surface area contributed by atoms with Gasteiger partial charge in [-0.05, 0) is 18.4 Å². The highest BCUT2D eigenvalue weighted by atomic mass is 16.5. The summed E-state index contributed by atoms with van der Waals surface area (Å²) in [6.07, 6.45) is 3.07. The normalized spacial score (nSPS) is 11.8. The molecule has 0 fully saturated rings. The zero-order valence-electron chi connectivity index (χ0n) is 14.5. The fraction of sp³-hybridized carbons (Fsp3) is 0.444. The number of carbonyl (C=O) groups excluding carboxylic acids is 2. The van der Waals surface area contributed by atoms with Gasteiger partial charge in [0, 0.05) is 19.3 Å². The molecule has 7 nitrogen and oxygen atoms in total. The molecule has 0 radical (unpaired) electrons. The molecule has 0 spiro atoms. The summed E-state index contributed by atoms with van der Waals surface area (Å²) in [5, 5.41) is 6.59. The van der Waals surface area contributed by atoms with E-state index in [0.717, 1.165) is 12.8 Å². The van der Waals surface area contributed by atoms with Crippen LogP contribution in [0.2, 0.25) is 0 Å². The predicted molar refractivity (Wildman–Crippen MR) is 90.6 cm³/mol. The van der Waals surface area contributed by atoms with E-state index in [1.165, 1.54) is 7.11 Å². The van der Waals surface area contributed by atoms with Gasteiger partial charge in [-0.15, -0.1) is 0 Å². The van der Waals surface area contributed by atoms with Crippen molar-refractivity contribution in [2.75, 3.05) is 7.11 Å². The van der Waals surface area contributed by atoms with Gasteiger partial charge >= 0.3 is 5.97 Å². The van der Waals surface area contributed by atoms with Crippen LogP contribution in [0.1, 0.15) is 49.5 Å². The van der Waals surface area contributed by atoms with E-state index in [4.69, 9.17) is 9.26 Å². The molecule has 2 rings (SSSR count). The second-order valence-corrected chi connectivity index (χ2v) is 5.64. The molecule has 0 aliphatic heterocycles. The lowest BCUT2D eigenvalue weighted by Crippen LogP contribution is -2.34. The minimum atomic E-state index is -0.807. The first-order valence-electron chi connectivity index (χ1n) is 8.37. The van der Waals surface area contributed by atoms with Crippen molar-refractivity contribution < 1.29 is 18.8 Å². The summed E-state index contributed by atoms with van der Waals surface area (Å²) in [6.45, 7) is 2.05. The molecule has 1 amide bonds. The molecular formula is C18H23N3O4. The van der Waals surface area contributed by atoms with E-state index in [-0.39, 0.29) is 12.3 Å². The summed E-state index contributed by atoms with van der Waals surface area (Å²) < 4.78 is 9.92. The number of benzene rings is 1. The highest BCUT2D eigenvalue weighted by Gasteiger charge is 2.23. The van der Waals surface area contributed by atoms with Crippen LogP contribution in [0.4, 0.5) is 0 Å². The third kappa shape index (κ3) is 5.70. The summed E-state index contributed by atoms with van der Waals surface area (Å²) in [5.74, 6) is 0.494. The smallest absolute Gasteiger partial charge is 0.333 e. The van der Waals surface area contributed by atoms with Crippen molar-refractivity contribution in [3.8, 4) is 0 Å². The van der Waals surface area contributed by atoms with Crippen molar-refractivity contribution in [1.82, 2.24) is 15.5 Å². The van der Waals surface area contributed by atoms with E-state index in [1.54, 1.807) is 24.3 Å². The average Bonchev–Trinajstić information content (AvgIpc) is 3.07. The summed E-state index contributed by atoms with van der Waals surface area (Å²) in [5.41, 5.74) is 0.684. The first-order valence-corrected chi connectivity index (χ1v) is 8.37. The highest BCUT2D eigenvalue weighted by molar-refractivity contribution is 5.85. The van der Waals surface area contributed by atoms with E-state index in [0.29, 0.717) is 30.1 Å². The Bertz CT molecular complexity index is 685. The molecule has 1 atom stereocenters. The van der Waals surface area contributed by atoms with Crippen LogP contribution in [0, 0.1) is 0 Å². The van der Waals surface area contributed by atoms with Gasteiger partial charge in [-0.2, -0.15) is 4.98 Å². The van der Waals surface area contributed by atoms with Crippen molar-refractivity contribution >= 4 is 11.9 Å². The average molecular weight is 345 g/mol. The SMILES string of the molecule is CCCc1noc(CCCC(=O)N[C@H](C(=O)OC)c2ccccc2)n1. The van der Waals surface area contributed by atoms with Gasteiger partial charge in [-0.25, -0.2) is 4.79 Å². The number of amides is 1. The maximum absolute atomic E-state index is 12.2. The molecule has 0 unspecified atom stereocenters. The Morgan fingerprint density at radius 3 is 2.68 bits per heavy atom. The van der Waals surface area contributed by atoms with Crippen LogP contribution in [0.3, 0.4) is 0 Å². The number of nitrogens with one attached hydrogen (secondary N) is 1. The summed E-state index contributed by atoms with van der Waals surface area (Å²) in [7, 11) is 1.30. The van der Waals surface area contributed by atoms with Crippen LogP contribution in [0.25, 0.3) is 0 Å². The Kier molecular flexibility index (Phi) is 7.13. The highest BCUT2D eigenvalue weighted by Crippen LogP contribution is 2.15. The number of carbonyl (C=O) groups is 2. The zero-order chi connectivity index (χ0) is 18.1. The third-order valence-corrected chi connectivity index (χ3v) is 3.65. The number of hydrogen-bond donors (Lipinski definition) is 1. The van der Waals surface area contributed by atoms with E-state index in [1.807, 2.05) is 13.0 Å². The molecule has 0 saturated heterocycles. The quantitative estimate of drug-likeness (QED) is 0.701. The number of aromatic nitrogens is 2. The Balaban J connectivity index is 1.85. The van der Waals surface area contributed by atoms with Gasteiger partial charge in [0.05, 0.1) is 7.11 Å². The van der Waals surface area contributed by atoms with Crippen LogP contribution in [-0.4, -0.2) is 29.1 Å². The molecule has 1 N–H and O–H groups in total. The second kappa shape index (κ2) is 9.56. The van der Waals surface area contributed by atoms with Crippen molar-refractivity contribution in [3.05, 3.63) is 47.6 Å². The topological polar surface area (TPSA) is 94.3 Å². The molecule has 0 bridgehead atoms. The number of esters is 1. The van der Waals surface area contributed by atoms with Gasteiger partial charge in [-0.3, -0.25) is 4.79 Å². The molecule has 1 aromatic heterocycles. The summed E-state index contributed by atoms with van der Waals surface area (Å²) >= 11 is 0. The Hall–Kier alpha value is -2.70. The molecule has 1 heterocycles. The second-order valence-electron chi connectivity index (χ2n) is 5.64. The van der Waals surface area contributed by atoms with Crippen LogP contribution < -0.4 is 5.32 Å². The monoisotopic (exact) mass is 345 g/mol. The Morgan fingerprint density at radius 2 is 2.00 bits per heavy atom. The molecule has 134 valence electrons. The van der Waals surface area contributed by atoms with Gasteiger partial charge in [0.15, 0.2) is 11.9 Å². The van der Waals surface area contributed by atoms with Crippen molar-refractivity contribution in [3.63, 3.8) is 0 Å². The maximum Gasteiger partial charge on any atom is 0.333 e. The Morgan fingerprint density at radius 1 is 1.24 bits per heavy atom. The van der Waals surface area contributed by atoms with E-state index in [9.17, 15) is 9.59 Å². The number of aryl methyl sites for hydroxylation is 2. The maximum atomic E-state index is 12.2. The van der Waals surface area contributed by atoms with Crippen molar-refractivity contribution in [2.24, 2.45) is 0 Å². The molecule has 0 aliphatic carbocycles. The summed E-state index contributed by atoms with van der Waals surface area (Å²) in [6, 6.07) is 8.20. The number of rotatable bonds is 9. The fourth-order valence-electron chi connectivity index (χ4n) is 2.39. The van der Waals surface area contributed by atoms with Crippen LogP contribution in [-0.2, 0) is 27.2 Å².